The molecular weight excluding hydrogens is 388 g/mol. The van der Waals surface area contributed by atoms with Crippen LogP contribution in [0.4, 0.5) is 0 Å². The predicted molar refractivity (Wildman–Crippen MR) is 116 cm³/mol. The monoisotopic (exact) mass is 410 g/mol. The lowest BCUT2D eigenvalue weighted by Gasteiger charge is -2.41. The molecule has 0 radical (unpaired) electrons. The number of ether oxygens (including phenoxy) is 1. The minimum absolute atomic E-state index is 0.134. The van der Waals surface area contributed by atoms with Crippen molar-refractivity contribution in [3.05, 3.63) is 83.4 Å². The van der Waals surface area contributed by atoms with Crippen LogP contribution >= 0.6 is 0 Å². The molecule has 0 saturated carbocycles. The molecule has 1 saturated heterocycles. The first kappa shape index (κ1) is 19.5. The van der Waals surface area contributed by atoms with Crippen LogP contribution in [0.1, 0.15) is 34.3 Å². The number of carbonyl (C=O) groups excluding carboxylic acids is 2. The van der Waals surface area contributed by atoms with Crippen LogP contribution in [-0.2, 0) is 15.1 Å². The van der Waals surface area contributed by atoms with Crippen LogP contribution < -0.4 is 0 Å². The Morgan fingerprint density at radius 1 is 1.13 bits per heavy atom. The number of nitriles is 1. The highest BCUT2D eigenvalue weighted by Crippen LogP contribution is 2.63. The van der Waals surface area contributed by atoms with Crippen molar-refractivity contribution in [1.29, 1.82) is 5.26 Å². The van der Waals surface area contributed by atoms with Crippen LogP contribution in [0.3, 0.4) is 0 Å². The highest BCUT2D eigenvalue weighted by atomic mass is 16.5. The standard InChI is InChI=1S/C26H22N2O3/c1-3-31-24(30)25(16-27)21(17-9-5-4-6-10-17)15-28(2)26(25)20-14-8-12-18-11-7-13-19(22(18)20)23(26)29/h4-14,21H,3,15H2,1-2H3/t21-,25+,26+/m1/s1. The van der Waals surface area contributed by atoms with E-state index < -0.39 is 22.8 Å². The van der Waals surface area contributed by atoms with E-state index in [2.05, 4.69) is 6.07 Å². The van der Waals surface area contributed by atoms with Gasteiger partial charge in [0.15, 0.2) is 11.2 Å². The number of Topliss-reactive ketones (excluding diaryl/α,β-unsaturated/α-hetero) is 1. The highest BCUT2D eigenvalue weighted by molar-refractivity contribution is 6.22. The summed E-state index contributed by atoms with van der Waals surface area (Å²) < 4.78 is 5.51. The molecule has 5 nitrogen and oxygen atoms in total. The van der Waals surface area contributed by atoms with Crippen molar-refractivity contribution in [1.82, 2.24) is 4.90 Å². The van der Waals surface area contributed by atoms with E-state index in [1.165, 1.54) is 0 Å². The molecule has 5 rings (SSSR count). The van der Waals surface area contributed by atoms with E-state index in [0.29, 0.717) is 17.7 Å². The SMILES string of the molecule is CCOC(=O)[C@]1(C#N)[C@@H](c2ccccc2)CN(C)[C@@]12C(=O)c1cccc3cccc2c13. The average molecular weight is 410 g/mol. The van der Waals surface area contributed by atoms with E-state index in [4.69, 9.17) is 4.74 Å². The van der Waals surface area contributed by atoms with Gasteiger partial charge in [0, 0.05) is 18.0 Å². The molecule has 1 fully saturated rings. The lowest BCUT2D eigenvalue weighted by Crippen LogP contribution is -2.58. The first-order chi connectivity index (χ1) is 15.0. The van der Waals surface area contributed by atoms with Crippen LogP contribution in [0.5, 0.6) is 0 Å². The summed E-state index contributed by atoms with van der Waals surface area (Å²) in [6.45, 7) is 2.24. The van der Waals surface area contributed by atoms with Gasteiger partial charge in [-0.1, -0.05) is 66.7 Å². The third kappa shape index (κ3) is 2.18. The first-order valence-corrected chi connectivity index (χ1v) is 10.5. The third-order valence-corrected chi connectivity index (χ3v) is 6.97. The van der Waals surface area contributed by atoms with Crippen molar-refractivity contribution in [2.24, 2.45) is 5.41 Å². The van der Waals surface area contributed by atoms with E-state index in [9.17, 15) is 14.9 Å². The molecule has 1 aliphatic heterocycles. The molecule has 0 aromatic heterocycles. The average Bonchev–Trinajstić information content (AvgIpc) is 3.22. The molecule has 0 bridgehead atoms. The maximum atomic E-state index is 14.2. The van der Waals surface area contributed by atoms with Gasteiger partial charge in [0.05, 0.1) is 12.7 Å². The molecule has 1 spiro atoms. The van der Waals surface area contributed by atoms with Gasteiger partial charge in [0.2, 0.25) is 0 Å². The normalized spacial score (nSPS) is 27.0. The topological polar surface area (TPSA) is 70.4 Å². The van der Waals surface area contributed by atoms with Gasteiger partial charge in [-0.2, -0.15) is 5.26 Å². The Kier molecular flexibility index (Phi) is 4.25. The quantitative estimate of drug-likeness (QED) is 0.610. The van der Waals surface area contributed by atoms with E-state index in [1.54, 1.807) is 13.0 Å². The number of carbonyl (C=O) groups is 2. The Hall–Kier alpha value is -3.49. The summed E-state index contributed by atoms with van der Waals surface area (Å²) in [6.07, 6.45) is 0. The molecule has 154 valence electrons. The van der Waals surface area contributed by atoms with Crippen LogP contribution in [0, 0.1) is 16.7 Å². The minimum Gasteiger partial charge on any atom is -0.465 e. The maximum Gasteiger partial charge on any atom is 0.329 e. The molecule has 3 atom stereocenters. The summed E-state index contributed by atoms with van der Waals surface area (Å²) >= 11 is 0. The van der Waals surface area contributed by atoms with Gasteiger partial charge in [0.1, 0.15) is 5.54 Å². The first-order valence-electron chi connectivity index (χ1n) is 10.5. The van der Waals surface area contributed by atoms with Crippen molar-refractivity contribution in [3.63, 3.8) is 0 Å². The number of rotatable bonds is 3. The second kappa shape index (κ2) is 6.76. The fourth-order valence-electron chi connectivity index (χ4n) is 5.80. The van der Waals surface area contributed by atoms with E-state index in [1.807, 2.05) is 72.6 Å². The predicted octanol–water partition coefficient (Wildman–Crippen LogP) is 4.03. The van der Waals surface area contributed by atoms with Gasteiger partial charge in [-0.25, -0.2) is 0 Å². The minimum atomic E-state index is -1.72. The van der Waals surface area contributed by atoms with Gasteiger partial charge in [0.25, 0.3) is 0 Å². The third-order valence-electron chi connectivity index (χ3n) is 6.97. The Bertz CT molecular complexity index is 1260. The van der Waals surface area contributed by atoms with Crippen molar-refractivity contribution in [2.75, 3.05) is 20.2 Å². The molecule has 0 amide bonds. The van der Waals surface area contributed by atoms with Crippen LogP contribution in [-0.4, -0.2) is 36.9 Å². The maximum absolute atomic E-state index is 14.2. The van der Waals surface area contributed by atoms with Gasteiger partial charge in [-0.3, -0.25) is 14.5 Å². The van der Waals surface area contributed by atoms with Gasteiger partial charge in [-0.15, -0.1) is 0 Å². The molecular formula is C26H22N2O3. The molecule has 1 aliphatic carbocycles. The van der Waals surface area contributed by atoms with Crippen molar-refractivity contribution >= 4 is 22.5 Å². The number of hydrogen-bond donors (Lipinski definition) is 0. The fourth-order valence-corrected chi connectivity index (χ4v) is 5.80. The van der Waals surface area contributed by atoms with Gasteiger partial charge >= 0.3 is 5.97 Å². The Balaban J connectivity index is 1.89. The second-order valence-electron chi connectivity index (χ2n) is 8.23. The molecule has 0 unspecified atom stereocenters. The smallest absolute Gasteiger partial charge is 0.329 e. The number of benzene rings is 3. The van der Waals surface area contributed by atoms with Crippen LogP contribution in [0.2, 0.25) is 0 Å². The zero-order chi connectivity index (χ0) is 21.8. The zero-order valence-corrected chi connectivity index (χ0v) is 17.5. The number of likely N-dealkylation sites (N-methyl/N-ethyl adjacent to an activating group) is 1. The molecule has 3 aromatic rings. The number of hydrogen-bond acceptors (Lipinski definition) is 5. The molecule has 1 heterocycles. The van der Waals surface area contributed by atoms with Crippen LogP contribution in [0.25, 0.3) is 10.8 Å². The van der Waals surface area contributed by atoms with E-state index >= 15 is 0 Å². The molecule has 2 aliphatic rings. The lowest BCUT2D eigenvalue weighted by atomic mass is 9.61. The molecule has 5 heteroatoms. The number of esters is 1. The Labute approximate surface area is 180 Å². The lowest BCUT2D eigenvalue weighted by molar-refractivity contribution is -0.156. The zero-order valence-electron chi connectivity index (χ0n) is 17.5. The number of ketones is 1. The Morgan fingerprint density at radius 2 is 1.84 bits per heavy atom. The van der Waals surface area contributed by atoms with E-state index in [-0.39, 0.29) is 12.4 Å². The summed E-state index contributed by atoms with van der Waals surface area (Å²) in [5, 5.41) is 12.5. The number of fused-ring (bicyclic) bond motifs is 1. The van der Waals surface area contributed by atoms with Crippen LogP contribution in [0.15, 0.2) is 66.7 Å². The highest BCUT2D eigenvalue weighted by Gasteiger charge is 2.75. The van der Waals surface area contributed by atoms with Gasteiger partial charge < -0.3 is 4.74 Å². The van der Waals surface area contributed by atoms with Gasteiger partial charge in [-0.05, 0) is 35.9 Å². The summed E-state index contributed by atoms with van der Waals surface area (Å²) in [7, 11) is 1.83. The Morgan fingerprint density at radius 3 is 2.52 bits per heavy atom. The van der Waals surface area contributed by atoms with Crippen molar-refractivity contribution in [3.8, 4) is 6.07 Å². The number of nitrogens with zero attached hydrogens (tertiary/aromatic N) is 2. The molecule has 3 aromatic carbocycles. The summed E-state index contributed by atoms with van der Waals surface area (Å²) in [6, 6.07) is 23.2. The second-order valence-corrected chi connectivity index (χ2v) is 8.23. The number of likely N-dealkylation sites (tertiary alicyclic amines) is 1. The molecule has 31 heavy (non-hydrogen) atoms. The summed E-state index contributed by atoms with van der Waals surface area (Å²) in [5.41, 5.74) is -1.06. The summed E-state index contributed by atoms with van der Waals surface area (Å²) in [4.78, 5) is 29.7. The van der Waals surface area contributed by atoms with Crippen molar-refractivity contribution in [2.45, 2.75) is 18.4 Å². The van der Waals surface area contributed by atoms with E-state index in [0.717, 1.165) is 16.3 Å². The molecule has 0 N–H and O–H groups in total. The fraction of sp³-hybridized carbons (Fsp3) is 0.269. The largest absolute Gasteiger partial charge is 0.465 e. The summed E-state index contributed by atoms with van der Waals surface area (Å²) in [5.74, 6) is -1.38. The van der Waals surface area contributed by atoms with Crippen molar-refractivity contribution < 1.29 is 14.3 Å².